The van der Waals surface area contributed by atoms with Crippen molar-refractivity contribution in [1.82, 2.24) is 24.5 Å². The molecule has 7 heteroatoms. The minimum atomic E-state index is -0.271. The Morgan fingerprint density at radius 3 is 2.87 bits per heavy atom. The molecule has 1 unspecified atom stereocenters. The van der Waals surface area contributed by atoms with Gasteiger partial charge < -0.3 is 4.90 Å². The first-order chi connectivity index (χ1) is 15.1. The van der Waals surface area contributed by atoms with Gasteiger partial charge in [0.15, 0.2) is 11.5 Å². The number of hydrogen-bond donors (Lipinski definition) is 0. The number of carbonyl (C=O) groups is 1. The Kier molecular flexibility index (Phi) is 4.94. The van der Waals surface area contributed by atoms with Gasteiger partial charge in [-0.2, -0.15) is 5.10 Å². The van der Waals surface area contributed by atoms with E-state index in [2.05, 4.69) is 10.1 Å². The standard InChI is InChI=1S/C24H22FN5O/c1-16-9-10-26-21(12-16)24(31)29-11-3-5-19(14-29)23-27-22-8-7-18(15-30(22)28-23)17-4-2-6-20(25)13-17/h2,4,6-10,12-13,15,19H,3,5,11,14H2,1H3. The summed E-state index contributed by atoms with van der Waals surface area (Å²) in [5, 5.41) is 4.68. The van der Waals surface area contributed by atoms with Crippen molar-refractivity contribution in [3.05, 3.63) is 83.8 Å². The number of fused-ring (bicyclic) bond motifs is 1. The van der Waals surface area contributed by atoms with Crippen LogP contribution in [-0.4, -0.2) is 43.5 Å². The fourth-order valence-electron chi connectivity index (χ4n) is 4.10. The average Bonchev–Trinajstić information content (AvgIpc) is 3.22. The molecule has 6 nitrogen and oxygen atoms in total. The molecule has 0 spiro atoms. The Bertz CT molecular complexity index is 1270. The third-order valence-corrected chi connectivity index (χ3v) is 5.71. The third-order valence-electron chi connectivity index (χ3n) is 5.71. The quantitative estimate of drug-likeness (QED) is 0.502. The first kappa shape index (κ1) is 19.4. The van der Waals surface area contributed by atoms with Crippen molar-refractivity contribution >= 4 is 11.6 Å². The summed E-state index contributed by atoms with van der Waals surface area (Å²) in [4.78, 5) is 23.7. The van der Waals surface area contributed by atoms with E-state index in [1.807, 2.05) is 48.4 Å². The fraction of sp³-hybridized carbons (Fsp3) is 0.250. The molecule has 0 saturated carbocycles. The lowest BCUT2D eigenvalue weighted by Gasteiger charge is -2.31. The Hall–Kier alpha value is -3.61. The van der Waals surface area contributed by atoms with Crippen LogP contribution in [0.25, 0.3) is 16.8 Å². The molecule has 3 aromatic heterocycles. The lowest BCUT2D eigenvalue weighted by Crippen LogP contribution is -2.39. The van der Waals surface area contributed by atoms with Gasteiger partial charge in [-0.3, -0.25) is 9.78 Å². The number of aromatic nitrogens is 4. The second-order valence-electron chi connectivity index (χ2n) is 8.01. The summed E-state index contributed by atoms with van der Waals surface area (Å²) in [6.45, 7) is 3.24. The first-order valence-corrected chi connectivity index (χ1v) is 10.4. The van der Waals surface area contributed by atoms with Crippen LogP contribution in [0.4, 0.5) is 4.39 Å². The molecule has 0 aliphatic carbocycles. The van der Waals surface area contributed by atoms with E-state index in [0.29, 0.717) is 18.8 Å². The summed E-state index contributed by atoms with van der Waals surface area (Å²) in [6.07, 6.45) is 5.36. The van der Waals surface area contributed by atoms with Crippen molar-refractivity contribution in [2.45, 2.75) is 25.7 Å². The molecule has 0 radical (unpaired) electrons. The number of likely N-dealkylation sites (tertiary alicyclic amines) is 1. The highest BCUT2D eigenvalue weighted by Crippen LogP contribution is 2.27. The number of carbonyl (C=O) groups excluding carboxylic acids is 1. The highest BCUT2D eigenvalue weighted by Gasteiger charge is 2.28. The van der Waals surface area contributed by atoms with Gasteiger partial charge in [0, 0.05) is 37.0 Å². The molecular formula is C24H22FN5O. The van der Waals surface area contributed by atoms with E-state index in [1.54, 1.807) is 16.8 Å². The first-order valence-electron chi connectivity index (χ1n) is 10.4. The summed E-state index contributed by atoms with van der Waals surface area (Å²) in [5.74, 6) is 0.476. The van der Waals surface area contributed by atoms with Crippen molar-refractivity contribution in [2.75, 3.05) is 13.1 Å². The SMILES string of the molecule is Cc1ccnc(C(=O)N2CCCC(c3nc4ccc(-c5cccc(F)c5)cn4n3)C2)c1. The average molecular weight is 415 g/mol. The van der Waals surface area contributed by atoms with Gasteiger partial charge in [0.2, 0.25) is 0 Å². The zero-order valence-corrected chi connectivity index (χ0v) is 17.2. The molecule has 0 N–H and O–H groups in total. The Balaban J connectivity index is 1.39. The fourth-order valence-corrected chi connectivity index (χ4v) is 4.10. The largest absolute Gasteiger partial charge is 0.337 e. The summed E-state index contributed by atoms with van der Waals surface area (Å²) in [5.41, 5.74) is 3.89. The molecule has 1 aliphatic heterocycles. The number of hydrogen-bond acceptors (Lipinski definition) is 4. The molecule has 4 aromatic rings. The van der Waals surface area contributed by atoms with Crippen molar-refractivity contribution in [2.24, 2.45) is 0 Å². The molecule has 1 aromatic carbocycles. The Labute approximate surface area is 179 Å². The van der Waals surface area contributed by atoms with Gasteiger partial charge in [-0.05, 0) is 67.3 Å². The van der Waals surface area contributed by atoms with E-state index >= 15 is 0 Å². The molecule has 31 heavy (non-hydrogen) atoms. The number of halogens is 1. The molecule has 1 fully saturated rings. The van der Waals surface area contributed by atoms with Crippen molar-refractivity contribution in [3.63, 3.8) is 0 Å². The van der Waals surface area contributed by atoms with Crippen molar-refractivity contribution in [3.8, 4) is 11.1 Å². The van der Waals surface area contributed by atoms with Gasteiger partial charge in [-0.15, -0.1) is 0 Å². The predicted molar refractivity (Wildman–Crippen MR) is 115 cm³/mol. The maximum absolute atomic E-state index is 13.6. The molecule has 1 atom stereocenters. The van der Waals surface area contributed by atoms with Crippen molar-refractivity contribution < 1.29 is 9.18 Å². The van der Waals surface area contributed by atoms with Crippen LogP contribution in [0, 0.1) is 12.7 Å². The van der Waals surface area contributed by atoms with Crippen LogP contribution in [0.5, 0.6) is 0 Å². The molecule has 1 aliphatic rings. The minimum Gasteiger partial charge on any atom is -0.337 e. The summed E-state index contributed by atoms with van der Waals surface area (Å²) in [6, 6.07) is 14.0. The molecule has 1 saturated heterocycles. The summed E-state index contributed by atoms with van der Waals surface area (Å²) >= 11 is 0. The maximum Gasteiger partial charge on any atom is 0.272 e. The van der Waals surface area contributed by atoms with E-state index < -0.39 is 0 Å². The number of pyridine rings is 2. The van der Waals surface area contributed by atoms with Crippen LogP contribution < -0.4 is 0 Å². The van der Waals surface area contributed by atoms with Gasteiger partial charge in [0.05, 0.1) is 0 Å². The van der Waals surface area contributed by atoms with E-state index in [1.165, 1.54) is 12.1 Å². The highest BCUT2D eigenvalue weighted by atomic mass is 19.1. The van der Waals surface area contributed by atoms with Gasteiger partial charge in [-0.25, -0.2) is 13.9 Å². The summed E-state index contributed by atoms with van der Waals surface area (Å²) in [7, 11) is 0. The van der Waals surface area contributed by atoms with Crippen LogP contribution in [0.3, 0.4) is 0 Å². The molecule has 4 heterocycles. The molecule has 1 amide bonds. The zero-order chi connectivity index (χ0) is 21.4. The molecule has 156 valence electrons. The minimum absolute atomic E-state index is 0.0504. The van der Waals surface area contributed by atoms with Gasteiger partial charge >= 0.3 is 0 Å². The lowest BCUT2D eigenvalue weighted by atomic mass is 9.97. The summed E-state index contributed by atoms with van der Waals surface area (Å²) < 4.78 is 15.3. The smallest absolute Gasteiger partial charge is 0.272 e. The van der Waals surface area contributed by atoms with Crippen molar-refractivity contribution in [1.29, 1.82) is 0 Å². The number of benzene rings is 1. The predicted octanol–water partition coefficient (Wildman–Crippen LogP) is 4.26. The topological polar surface area (TPSA) is 63.4 Å². The number of rotatable bonds is 3. The van der Waals surface area contributed by atoms with E-state index in [4.69, 9.17) is 4.98 Å². The van der Waals surface area contributed by atoms with Gasteiger partial charge in [0.25, 0.3) is 5.91 Å². The van der Waals surface area contributed by atoms with E-state index in [0.717, 1.165) is 41.0 Å². The van der Waals surface area contributed by atoms with Gasteiger partial charge in [0.1, 0.15) is 11.5 Å². The Morgan fingerprint density at radius 1 is 1.13 bits per heavy atom. The highest BCUT2D eigenvalue weighted by molar-refractivity contribution is 5.92. The van der Waals surface area contributed by atoms with E-state index in [9.17, 15) is 9.18 Å². The number of amides is 1. The van der Waals surface area contributed by atoms with Crippen LogP contribution in [0.1, 0.15) is 40.6 Å². The molecule has 5 rings (SSSR count). The number of aryl methyl sites for hydroxylation is 1. The lowest BCUT2D eigenvalue weighted by molar-refractivity contribution is 0.0698. The van der Waals surface area contributed by atoms with Crippen LogP contribution in [-0.2, 0) is 0 Å². The monoisotopic (exact) mass is 415 g/mol. The number of nitrogens with zero attached hydrogens (tertiary/aromatic N) is 5. The zero-order valence-electron chi connectivity index (χ0n) is 17.2. The second-order valence-corrected chi connectivity index (χ2v) is 8.01. The molecule has 0 bridgehead atoms. The molecular weight excluding hydrogens is 393 g/mol. The van der Waals surface area contributed by atoms with E-state index in [-0.39, 0.29) is 17.6 Å². The normalized spacial score (nSPS) is 16.6. The number of piperidine rings is 1. The Morgan fingerprint density at radius 2 is 2.03 bits per heavy atom. The van der Waals surface area contributed by atoms with Gasteiger partial charge in [-0.1, -0.05) is 12.1 Å². The van der Waals surface area contributed by atoms with Crippen LogP contribution in [0.2, 0.25) is 0 Å². The van der Waals surface area contributed by atoms with Crippen LogP contribution >= 0.6 is 0 Å². The van der Waals surface area contributed by atoms with Crippen LogP contribution in [0.15, 0.2) is 60.9 Å². The third kappa shape index (κ3) is 3.91. The second kappa shape index (κ2) is 7.91. The maximum atomic E-state index is 13.6.